The largest absolute Gasteiger partial charge is 0.495 e. The van der Waals surface area contributed by atoms with Gasteiger partial charge in [0.2, 0.25) is 0 Å². The van der Waals surface area contributed by atoms with Crippen LogP contribution in [0.3, 0.4) is 0 Å². The summed E-state index contributed by atoms with van der Waals surface area (Å²) in [6, 6.07) is 15.7. The Kier molecular flexibility index (Phi) is 6.80. The number of hydrogen-bond acceptors (Lipinski definition) is 6. The molecule has 2 aromatic heterocycles. The van der Waals surface area contributed by atoms with Crippen LogP contribution in [0.15, 0.2) is 84.1 Å². The van der Waals surface area contributed by atoms with Gasteiger partial charge in [-0.1, -0.05) is 17.7 Å². The van der Waals surface area contributed by atoms with E-state index in [4.69, 9.17) is 16.3 Å². The minimum Gasteiger partial charge on any atom is -0.495 e. The number of nitrogens with one attached hydrogen (secondary N) is 2. The van der Waals surface area contributed by atoms with E-state index >= 15 is 0 Å². The van der Waals surface area contributed by atoms with Gasteiger partial charge in [0, 0.05) is 35.7 Å². The van der Waals surface area contributed by atoms with Gasteiger partial charge in [-0.25, -0.2) is 18.1 Å². The average molecular weight is 498 g/mol. The predicted molar refractivity (Wildman–Crippen MR) is 128 cm³/mol. The lowest BCUT2D eigenvalue weighted by Gasteiger charge is -2.13. The number of carbonyl (C=O) groups excluding carboxylic acids is 1. The summed E-state index contributed by atoms with van der Waals surface area (Å²) >= 11 is 5.99. The number of carbonyl (C=O) groups is 1. The molecule has 0 atom stereocenters. The Hall–Kier alpha value is -3.89. The number of benzene rings is 2. The number of sulfonamides is 1. The topological polar surface area (TPSA) is 115 Å². The molecule has 174 valence electrons. The van der Waals surface area contributed by atoms with Crippen molar-refractivity contribution in [3.05, 3.63) is 95.4 Å². The second-order valence-electron chi connectivity index (χ2n) is 7.13. The number of anilines is 1. The molecule has 1 amide bonds. The molecule has 0 saturated heterocycles. The number of nitrogens with zero attached hydrogens (tertiary/aromatic N) is 3. The highest BCUT2D eigenvalue weighted by molar-refractivity contribution is 7.92. The van der Waals surface area contributed by atoms with E-state index in [0.29, 0.717) is 16.6 Å². The summed E-state index contributed by atoms with van der Waals surface area (Å²) in [6.45, 7) is 0.227. The summed E-state index contributed by atoms with van der Waals surface area (Å²) < 4.78 is 35.1. The Morgan fingerprint density at radius 1 is 1.09 bits per heavy atom. The predicted octanol–water partition coefficient (Wildman–Crippen LogP) is 3.66. The van der Waals surface area contributed by atoms with Crippen molar-refractivity contribution in [2.75, 3.05) is 11.8 Å². The van der Waals surface area contributed by atoms with Gasteiger partial charge in [0.05, 0.1) is 17.7 Å². The molecule has 0 saturated carbocycles. The van der Waals surface area contributed by atoms with Crippen LogP contribution >= 0.6 is 11.6 Å². The van der Waals surface area contributed by atoms with Crippen molar-refractivity contribution in [1.82, 2.24) is 20.1 Å². The molecular weight excluding hydrogens is 478 g/mol. The molecule has 0 aliphatic heterocycles. The highest BCUT2D eigenvalue weighted by Crippen LogP contribution is 2.30. The van der Waals surface area contributed by atoms with Crippen molar-refractivity contribution < 1.29 is 17.9 Å². The Labute approximate surface area is 201 Å². The van der Waals surface area contributed by atoms with Crippen molar-refractivity contribution in [1.29, 1.82) is 0 Å². The van der Waals surface area contributed by atoms with Gasteiger partial charge in [-0.3, -0.25) is 9.52 Å². The molecule has 0 radical (unpaired) electrons. The van der Waals surface area contributed by atoms with Crippen LogP contribution < -0.4 is 14.8 Å². The summed E-state index contributed by atoms with van der Waals surface area (Å²) in [6.07, 6.45) is 5.04. The molecular formula is C23H20ClN5O4S. The number of aromatic nitrogens is 3. The van der Waals surface area contributed by atoms with Gasteiger partial charge in [0.15, 0.2) is 5.82 Å². The van der Waals surface area contributed by atoms with Crippen LogP contribution in [-0.4, -0.2) is 36.2 Å². The molecule has 0 bridgehead atoms. The van der Waals surface area contributed by atoms with E-state index in [9.17, 15) is 13.2 Å². The lowest BCUT2D eigenvalue weighted by Crippen LogP contribution is -2.23. The first kappa shape index (κ1) is 23.3. The van der Waals surface area contributed by atoms with E-state index in [1.54, 1.807) is 53.6 Å². The van der Waals surface area contributed by atoms with E-state index in [0.717, 1.165) is 5.56 Å². The molecule has 0 spiro atoms. The van der Waals surface area contributed by atoms with Crippen molar-refractivity contribution in [2.45, 2.75) is 11.4 Å². The second-order valence-corrected chi connectivity index (χ2v) is 9.25. The third-order valence-corrected chi connectivity index (χ3v) is 6.41. The molecule has 4 rings (SSSR count). The van der Waals surface area contributed by atoms with E-state index in [2.05, 4.69) is 20.1 Å². The molecule has 9 nitrogen and oxygen atoms in total. The molecule has 2 aromatic carbocycles. The van der Waals surface area contributed by atoms with E-state index < -0.39 is 15.9 Å². The molecule has 0 fully saturated rings. The van der Waals surface area contributed by atoms with Crippen molar-refractivity contribution >= 4 is 33.2 Å². The van der Waals surface area contributed by atoms with Crippen LogP contribution in [-0.2, 0) is 16.6 Å². The normalized spacial score (nSPS) is 11.1. The first-order chi connectivity index (χ1) is 16.4. The number of halogens is 1. The maximum Gasteiger partial charge on any atom is 0.262 e. The summed E-state index contributed by atoms with van der Waals surface area (Å²) in [5, 5.41) is 7.28. The van der Waals surface area contributed by atoms with Crippen LogP contribution in [0.5, 0.6) is 5.75 Å². The van der Waals surface area contributed by atoms with Crippen molar-refractivity contribution in [2.24, 2.45) is 0 Å². The van der Waals surface area contributed by atoms with Crippen LogP contribution in [0.2, 0.25) is 5.02 Å². The van der Waals surface area contributed by atoms with Crippen molar-refractivity contribution in [3.63, 3.8) is 0 Å². The van der Waals surface area contributed by atoms with E-state index in [1.807, 2.05) is 0 Å². The standard InChI is InChI=1S/C23H20ClN5O4S/c1-33-21-7-6-18(24)14-20(21)28-34(31,32)19-5-2-4-17(13-19)23(30)26-15-16-8-10-25-22(12-16)29-11-3-9-27-29/h2-14,28H,15H2,1H3,(H,26,30). The number of hydrogen-bond donors (Lipinski definition) is 2. The molecule has 11 heteroatoms. The van der Waals surface area contributed by atoms with Gasteiger partial charge in [-0.05, 0) is 60.2 Å². The third-order valence-electron chi connectivity index (χ3n) is 4.81. The highest BCUT2D eigenvalue weighted by Gasteiger charge is 2.19. The number of pyridine rings is 1. The monoisotopic (exact) mass is 497 g/mol. The van der Waals surface area contributed by atoms with Gasteiger partial charge < -0.3 is 10.1 Å². The Morgan fingerprint density at radius 3 is 2.71 bits per heavy atom. The van der Waals surface area contributed by atoms with Crippen LogP contribution in [0, 0.1) is 0 Å². The van der Waals surface area contributed by atoms with Crippen LogP contribution in [0.25, 0.3) is 5.82 Å². The van der Waals surface area contributed by atoms with Gasteiger partial charge >= 0.3 is 0 Å². The van der Waals surface area contributed by atoms with E-state index in [-0.39, 0.29) is 22.7 Å². The summed E-state index contributed by atoms with van der Waals surface area (Å²) in [7, 11) is -2.58. The van der Waals surface area contributed by atoms with Gasteiger partial charge in [0.25, 0.3) is 15.9 Å². The number of methoxy groups -OCH3 is 1. The van der Waals surface area contributed by atoms with Gasteiger partial charge in [-0.15, -0.1) is 0 Å². The second kappa shape index (κ2) is 9.94. The SMILES string of the molecule is COc1ccc(Cl)cc1NS(=O)(=O)c1cccc(C(=O)NCc2ccnc(-n3cccn3)c2)c1. The zero-order valence-electron chi connectivity index (χ0n) is 18.0. The van der Waals surface area contributed by atoms with Gasteiger partial charge in [0.1, 0.15) is 5.75 Å². The van der Waals surface area contributed by atoms with Crippen LogP contribution in [0.1, 0.15) is 15.9 Å². The molecule has 0 unspecified atom stereocenters. The maximum atomic E-state index is 12.9. The maximum absolute atomic E-state index is 12.9. The molecule has 0 aliphatic carbocycles. The van der Waals surface area contributed by atoms with Crippen molar-refractivity contribution in [3.8, 4) is 11.6 Å². The molecule has 4 aromatic rings. The average Bonchev–Trinajstić information content (AvgIpc) is 3.38. The Morgan fingerprint density at radius 2 is 1.94 bits per heavy atom. The minimum atomic E-state index is -4.00. The Balaban J connectivity index is 1.48. The molecule has 0 aliphatic rings. The fourth-order valence-corrected chi connectivity index (χ4v) is 4.43. The first-order valence-electron chi connectivity index (χ1n) is 10.1. The highest BCUT2D eigenvalue weighted by atomic mass is 35.5. The Bertz CT molecular complexity index is 1430. The zero-order valence-corrected chi connectivity index (χ0v) is 19.5. The summed E-state index contributed by atoms with van der Waals surface area (Å²) in [4.78, 5) is 16.9. The van der Waals surface area contributed by atoms with Crippen LogP contribution in [0.4, 0.5) is 5.69 Å². The summed E-state index contributed by atoms with van der Waals surface area (Å²) in [5.41, 5.74) is 1.20. The minimum absolute atomic E-state index is 0.0768. The molecule has 2 N–H and O–H groups in total. The fraction of sp³-hybridized carbons (Fsp3) is 0.0870. The fourth-order valence-electron chi connectivity index (χ4n) is 3.15. The number of amides is 1. The molecule has 34 heavy (non-hydrogen) atoms. The quantitative estimate of drug-likeness (QED) is 0.384. The number of rotatable bonds is 8. The lowest BCUT2D eigenvalue weighted by atomic mass is 10.2. The first-order valence-corrected chi connectivity index (χ1v) is 11.9. The van der Waals surface area contributed by atoms with E-state index in [1.165, 1.54) is 37.4 Å². The van der Waals surface area contributed by atoms with Gasteiger partial charge in [-0.2, -0.15) is 5.10 Å². The number of ether oxygens (including phenoxy) is 1. The smallest absolute Gasteiger partial charge is 0.262 e. The summed E-state index contributed by atoms with van der Waals surface area (Å²) in [5.74, 6) is 0.510. The third kappa shape index (κ3) is 5.36. The molecule has 2 heterocycles. The zero-order chi connectivity index (χ0) is 24.1. The lowest BCUT2D eigenvalue weighted by molar-refractivity contribution is 0.0950.